The summed E-state index contributed by atoms with van der Waals surface area (Å²) in [5.41, 5.74) is 7.58. The second-order valence-corrected chi connectivity index (χ2v) is 6.00. The van der Waals surface area contributed by atoms with Crippen LogP contribution in [0.3, 0.4) is 0 Å². The lowest BCUT2D eigenvalue weighted by molar-refractivity contribution is 0.315. The number of hydrogen-bond donors (Lipinski definition) is 1. The molecule has 2 heteroatoms. The molecular formula is C17H28FN. The van der Waals surface area contributed by atoms with Gasteiger partial charge in [0.05, 0.1) is 0 Å². The first-order valence-electron chi connectivity index (χ1n) is 7.46. The lowest BCUT2D eigenvalue weighted by atomic mass is 9.80. The predicted molar refractivity (Wildman–Crippen MR) is 80.6 cm³/mol. The Morgan fingerprint density at radius 3 is 2.53 bits per heavy atom. The first-order valence-corrected chi connectivity index (χ1v) is 7.46. The molecule has 1 rings (SSSR count). The van der Waals surface area contributed by atoms with Gasteiger partial charge in [0.1, 0.15) is 5.82 Å². The maximum absolute atomic E-state index is 13.7. The highest BCUT2D eigenvalue weighted by atomic mass is 19.1. The normalized spacial score (nSPS) is 16.1. The van der Waals surface area contributed by atoms with Crippen molar-refractivity contribution in [2.24, 2.45) is 11.7 Å². The second-order valence-electron chi connectivity index (χ2n) is 6.00. The van der Waals surface area contributed by atoms with E-state index in [9.17, 15) is 4.39 Å². The molecule has 0 heterocycles. The summed E-state index contributed by atoms with van der Waals surface area (Å²) in [4.78, 5) is 0. The van der Waals surface area contributed by atoms with E-state index in [-0.39, 0.29) is 5.82 Å². The molecule has 1 aromatic rings. The molecule has 2 atom stereocenters. The quantitative estimate of drug-likeness (QED) is 0.744. The highest BCUT2D eigenvalue weighted by Crippen LogP contribution is 2.30. The molecule has 0 amide bonds. The maximum atomic E-state index is 13.7. The van der Waals surface area contributed by atoms with Crippen molar-refractivity contribution in [1.29, 1.82) is 0 Å². The van der Waals surface area contributed by atoms with Crippen molar-refractivity contribution in [2.45, 2.75) is 65.3 Å². The molecule has 2 N–H and O–H groups in total. The van der Waals surface area contributed by atoms with Gasteiger partial charge in [-0.15, -0.1) is 0 Å². The van der Waals surface area contributed by atoms with Crippen molar-refractivity contribution in [1.82, 2.24) is 0 Å². The molecule has 0 bridgehead atoms. The Balaban J connectivity index is 2.80. The molecule has 0 spiro atoms. The van der Waals surface area contributed by atoms with Crippen molar-refractivity contribution in [3.8, 4) is 0 Å². The molecule has 0 aliphatic rings. The van der Waals surface area contributed by atoms with Crippen molar-refractivity contribution in [2.75, 3.05) is 0 Å². The van der Waals surface area contributed by atoms with Crippen LogP contribution in [-0.4, -0.2) is 0 Å². The third kappa shape index (κ3) is 4.61. The van der Waals surface area contributed by atoms with E-state index in [1.807, 2.05) is 19.1 Å². The second kappa shape index (κ2) is 7.04. The third-order valence-corrected chi connectivity index (χ3v) is 4.09. The first kappa shape index (κ1) is 16.2. The summed E-state index contributed by atoms with van der Waals surface area (Å²) in [6.07, 6.45) is 5.75. The molecule has 0 saturated heterocycles. The molecular weight excluding hydrogens is 237 g/mol. The van der Waals surface area contributed by atoms with Crippen LogP contribution in [0.4, 0.5) is 4.39 Å². The Hall–Kier alpha value is -0.890. The third-order valence-electron chi connectivity index (χ3n) is 4.09. The summed E-state index contributed by atoms with van der Waals surface area (Å²) in [7, 11) is 0. The van der Waals surface area contributed by atoms with Crippen LogP contribution in [0, 0.1) is 18.7 Å². The lowest BCUT2D eigenvalue weighted by Crippen LogP contribution is -2.35. The largest absolute Gasteiger partial charge is 0.322 e. The van der Waals surface area contributed by atoms with E-state index >= 15 is 0 Å². The van der Waals surface area contributed by atoms with Gasteiger partial charge in [0.25, 0.3) is 0 Å². The fourth-order valence-electron chi connectivity index (χ4n) is 2.61. The summed E-state index contributed by atoms with van der Waals surface area (Å²) < 4.78 is 13.7. The summed E-state index contributed by atoms with van der Waals surface area (Å²) >= 11 is 0. The van der Waals surface area contributed by atoms with E-state index in [1.54, 1.807) is 13.0 Å². The monoisotopic (exact) mass is 265 g/mol. The Morgan fingerprint density at radius 1 is 1.32 bits per heavy atom. The summed E-state index contributed by atoms with van der Waals surface area (Å²) in [6, 6.07) is 5.38. The van der Waals surface area contributed by atoms with Gasteiger partial charge in [-0.2, -0.15) is 0 Å². The number of hydrogen-bond acceptors (Lipinski definition) is 1. The molecule has 0 aliphatic carbocycles. The smallest absolute Gasteiger partial charge is 0.126 e. The van der Waals surface area contributed by atoms with Crippen molar-refractivity contribution in [3.63, 3.8) is 0 Å². The van der Waals surface area contributed by atoms with Crippen LogP contribution >= 0.6 is 0 Å². The maximum Gasteiger partial charge on any atom is 0.126 e. The molecule has 1 nitrogen and oxygen atoms in total. The van der Waals surface area contributed by atoms with Gasteiger partial charge in [0.2, 0.25) is 0 Å². The zero-order valence-electron chi connectivity index (χ0n) is 12.8. The van der Waals surface area contributed by atoms with Gasteiger partial charge in [-0.1, -0.05) is 51.7 Å². The van der Waals surface area contributed by atoms with Crippen LogP contribution in [-0.2, 0) is 5.54 Å². The zero-order chi connectivity index (χ0) is 14.5. The van der Waals surface area contributed by atoms with Gasteiger partial charge < -0.3 is 5.73 Å². The van der Waals surface area contributed by atoms with Gasteiger partial charge in [-0.3, -0.25) is 0 Å². The Labute approximate surface area is 117 Å². The molecule has 2 unspecified atom stereocenters. The minimum Gasteiger partial charge on any atom is -0.322 e. The van der Waals surface area contributed by atoms with Crippen LogP contribution in [0.1, 0.15) is 64.0 Å². The molecule has 19 heavy (non-hydrogen) atoms. The van der Waals surface area contributed by atoms with Gasteiger partial charge in [0.15, 0.2) is 0 Å². The van der Waals surface area contributed by atoms with E-state index < -0.39 is 5.54 Å². The molecule has 0 fully saturated rings. The van der Waals surface area contributed by atoms with Gasteiger partial charge in [-0.25, -0.2) is 4.39 Å². The van der Waals surface area contributed by atoms with Crippen molar-refractivity contribution in [3.05, 3.63) is 35.1 Å². The van der Waals surface area contributed by atoms with Crippen LogP contribution in [0.2, 0.25) is 0 Å². The van der Waals surface area contributed by atoms with Crippen molar-refractivity contribution < 1.29 is 4.39 Å². The van der Waals surface area contributed by atoms with Gasteiger partial charge >= 0.3 is 0 Å². The zero-order valence-corrected chi connectivity index (χ0v) is 12.8. The fourth-order valence-corrected chi connectivity index (χ4v) is 2.61. The topological polar surface area (TPSA) is 26.0 Å². The first-order chi connectivity index (χ1) is 8.90. The van der Waals surface area contributed by atoms with Crippen molar-refractivity contribution >= 4 is 0 Å². The Kier molecular flexibility index (Phi) is 5.99. The molecule has 0 radical (unpaired) electrons. The summed E-state index contributed by atoms with van der Waals surface area (Å²) in [6.45, 7) is 8.23. The Morgan fingerprint density at radius 2 is 2.00 bits per heavy atom. The van der Waals surface area contributed by atoms with Crippen LogP contribution in [0.5, 0.6) is 0 Å². The van der Waals surface area contributed by atoms with E-state index in [0.29, 0.717) is 11.5 Å². The lowest BCUT2D eigenvalue weighted by Gasteiger charge is -2.30. The predicted octanol–water partition coefficient (Wildman–Crippen LogP) is 4.91. The standard InChI is InChI=1S/C17H28FN/c1-5-7-8-14(6-2)12-17(4,19)15-10-9-13(3)16(18)11-15/h9-11,14H,5-8,12,19H2,1-4H3. The van der Waals surface area contributed by atoms with E-state index in [4.69, 9.17) is 5.73 Å². The summed E-state index contributed by atoms with van der Waals surface area (Å²) in [5.74, 6) is 0.468. The summed E-state index contributed by atoms with van der Waals surface area (Å²) in [5, 5.41) is 0. The number of benzene rings is 1. The van der Waals surface area contributed by atoms with Crippen LogP contribution in [0.15, 0.2) is 18.2 Å². The minimum absolute atomic E-state index is 0.157. The number of rotatable bonds is 7. The molecule has 108 valence electrons. The van der Waals surface area contributed by atoms with Gasteiger partial charge in [0, 0.05) is 5.54 Å². The number of nitrogens with two attached hydrogens (primary N) is 1. The SMILES string of the molecule is CCCCC(CC)CC(C)(N)c1ccc(C)c(F)c1. The van der Waals surface area contributed by atoms with Crippen LogP contribution < -0.4 is 5.73 Å². The minimum atomic E-state index is -0.442. The average Bonchev–Trinajstić information content (AvgIpc) is 2.37. The fraction of sp³-hybridized carbons (Fsp3) is 0.647. The highest BCUT2D eigenvalue weighted by molar-refractivity contribution is 5.28. The number of aryl methyl sites for hydroxylation is 1. The number of halogens is 1. The molecule has 0 aliphatic heterocycles. The molecule has 0 saturated carbocycles. The van der Waals surface area contributed by atoms with Gasteiger partial charge in [-0.05, 0) is 43.4 Å². The van der Waals surface area contributed by atoms with E-state index in [0.717, 1.165) is 18.4 Å². The highest BCUT2D eigenvalue weighted by Gasteiger charge is 2.25. The van der Waals surface area contributed by atoms with E-state index in [1.165, 1.54) is 19.3 Å². The average molecular weight is 265 g/mol. The van der Waals surface area contributed by atoms with Crippen LogP contribution in [0.25, 0.3) is 0 Å². The Bertz CT molecular complexity index is 398. The number of unbranched alkanes of at least 4 members (excludes halogenated alkanes) is 1. The molecule has 0 aromatic heterocycles. The molecule has 1 aromatic carbocycles. The van der Waals surface area contributed by atoms with E-state index in [2.05, 4.69) is 13.8 Å².